The predicted octanol–water partition coefficient (Wildman–Crippen LogP) is 2.35. The normalized spacial score (nSPS) is 10.6. The Morgan fingerprint density at radius 2 is 2.06 bits per heavy atom. The van der Waals surface area contributed by atoms with E-state index in [4.69, 9.17) is 4.74 Å². The number of H-pyrrole nitrogens is 1. The van der Waals surface area contributed by atoms with E-state index in [2.05, 4.69) is 4.98 Å². The highest BCUT2D eigenvalue weighted by molar-refractivity contribution is 5.98. The molecule has 1 N–H and O–H groups in total. The Hall–Kier alpha value is -1.58. The highest BCUT2D eigenvalue weighted by Gasteiger charge is 2.16. The number of Topliss-reactive ketones (excluding diaryl/α,β-unsaturated/α-hetero) is 1. The Morgan fingerprint density at radius 3 is 2.65 bits per heavy atom. The van der Waals surface area contributed by atoms with Crippen LogP contribution in [0.2, 0.25) is 0 Å². The number of rotatable bonds is 6. The van der Waals surface area contributed by atoms with Crippen LogP contribution in [0.25, 0.3) is 0 Å². The molecule has 1 aromatic heterocycles. The van der Waals surface area contributed by atoms with Gasteiger partial charge in [0.2, 0.25) is 0 Å². The number of hydrogen-bond acceptors (Lipinski definition) is 3. The fraction of sp³-hybridized carbons (Fsp3) is 0.538. The van der Waals surface area contributed by atoms with Gasteiger partial charge in [0.15, 0.2) is 5.78 Å². The van der Waals surface area contributed by atoms with Gasteiger partial charge in [0.25, 0.3) is 0 Å². The molecule has 0 aliphatic rings. The van der Waals surface area contributed by atoms with Crippen LogP contribution in [0.4, 0.5) is 0 Å². The van der Waals surface area contributed by atoms with Crippen molar-refractivity contribution in [2.75, 3.05) is 6.61 Å². The van der Waals surface area contributed by atoms with E-state index in [9.17, 15) is 9.59 Å². The molecular weight excluding hydrogens is 218 g/mol. The van der Waals surface area contributed by atoms with Gasteiger partial charge in [-0.25, -0.2) is 0 Å². The van der Waals surface area contributed by atoms with Crippen molar-refractivity contribution >= 4 is 11.8 Å². The molecule has 0 aromatic carbocycles. The third-order valence-corrected chi connectivity index (χ3v) is 2.52. The minimum atomic E-state index is -0.225. The van der Waals surface area contributed by atoms with Crippen LogP contribution in [0.15, 0.2) is 12.4 Å². The van der Waals surface area contributed by atoms with Gasteiger partial charge in [-0.05, 0) is 18.9 Å². The number of hydrogen-bond donors (Lipinski definition) is 1. The molecule has 4 nitrogen and oxygen atoms in total. The Bertz CT molecular complexity index is 393. The molecule has 0 amide bonds. The summed E-state index contributed by atoms with van der Waals surface area (Å²) >= 11 is 0. The summed E-state index contributed by atoms with van der Waals surface area (Å²) in [5.41, 5.74) is 1.57. The van der Waals surface area contributed by atoms with Crippen molar-refractivity contribution in [3.63, 3.8) is 0 Å². The topological polar surface area (TPSA) is 59.2 Å². The van der Waals surface area contributed by atoms with Crippen molar-refractivity contribution in [1.82, 2.24) is 4.98 Å². The summed E-state index contributed by atoms with van der Waals surface area (Å²) in [4.78, 5) is 26.0. The highest BCUT2D eigenvalue weighted by atomic mass is 16.5. The monoisotopic (exact) mass is 237 g/mol. The Morgan fingerprint density at radius 1 is 1.35 bits per heavy atom. The van der Waals surface area contributed by atoms with Crippen molar-refractivity contribution < 1.29 is 14.3 Å². The van der Waals surface area contributed by atoms with Gasteiger partial charge >= 0.3 is 5.97 Å². The summed E-state index contributed by atoms with van der Waals surface area (Å²) in [5.74, 6) is -0.158. The fourth-order valence-electron chi connectivity index (χ4n) is 1.61. The molecule has 0 aliphatic carbocycles. The van der Waals surface area contributed by atoms with Gasteiger partial charge < -0.3 is 9.72 Å². The summed E-state index contributed by atoms with van der Waals surface area (Å²) in [6, 6.07) is 0. The van der Waals surface area contributed by atoms with Gasteiger partial charge in [0.1, 0.15) is 0 Å². The second-order valence-electron chi connectivity index (χ2n) is 4.22. The lowest BCUT2D eigenvalue weighted by Crippen LogP contribution is -2.10. The second kappa shape index (κ2) is 6.23. The fourth-order valence-corrected chi connectivity index (χ4v) is 1.61. The van der Waals surface area contributed by atoms with E-state index in [-0.39, 0.29) is 17.7 Å². The summed E-state index contributed by atoms with van der Waals surface area (Å²) < 4.78 is 4.85. The molecule has 0 atom stereocenters. The largest absolute Gasteiger partial charge is 0.466 e. The first-order valence-corrected chi connectivity index (χ1v) is 5.91. The standard InChI is InChI=1S/C13H19NO3/c1-4-17-12(15)6-5-10-7-14-8-11(10)13(16)9(2)3/h7-9,14H,4-6H2,1-3H3. The van der Waals surface area contributed by atoms with Crippen molar-refractivity contribution in [2.24, 2.45) is 5.92 Å². The first-order valence-electron chi connectivity index (χ1n) is 5.91. The van der Waals surface area contributed by atoms with Gasteiger partial charge in [0.05, 0.1) is 6.61 Å². The van der Waals surface area contributed by atoms with Gasteiger partial charge in [-0.1, -0.05) is 13.8 Å². The van der Waals surface area contributed by atoms with E-state index in [1.54, 1.807) is 19.3 Å². The van der Waals surface area contributed by atoms with Gasteiger partial charge in [0, 0.05) is 30.3 Å². The van der Waals surface area contributed by atoms with E-state index in [1.165, 1.54) is 0 Å². The van der Waals surface area contributed by atoms with E-state index >= 15 is 0 Å². The Balaban J connectivity index is 2.63. The zero-order valence-corrected chi connectivity index (χ0v) is 10.6. The minimum absolute atomic E-state index is 0.0351. The second-order valence-corrected chi connectivity index (χ2v) is 4.22. The Labute approximate surface area is 101 Å². The molecule has 0 saturated carbocycles. The van der Waals surface area contributed by atoms with Crippen LogP contribution in [0.3, 0.4) is 0 Å². The molecule has 1 rings (SSSR count). The van der Waals surface area contributed by atoms with Crippen LogP contribution in [0.1, 0.15) is 43.1 Å². The lowest BCUT2D eigenvalue weighted by molar-refractivity contribution is -0.143. The molecule has 0 spiro atoms. The molecule has 0 saturated heterocycles. The lowest BCUT2D eigenvalue weighted by Gasteiger charge is -2.05. The van der Waals surface area contributed by atoms with Crippen LogP contribution < -0.4 is 0 Å². The molecule has 0 bridgehead atoms. The number of carbonyl (C=O) groups excluding carboxylic acids is 2. The average Bonchev–Trinajstić information content (AvgIpc) is 2.73. The SMILES string of the molecule is CCOC(=O)CCc1c[nH]cc1C(=O)C(C)C. The number of aromatic nitrogens is 1. The Kier molecular flexibility index (Phi) is 4.94. The minimum Gasteiger partial charge on any atom is -0.466 e. The molecule has 1 aromatic rings. The van der Waals surface area contributed by atoms with E-state index in [1.807, 2.05) is 13.8 Å². The van der Waals surface area contributed by atoms with Crippen molar-refractivity contribution in [2.45, 2.75) is 33.6 Å². The zero-order chi connectivity index (χ0) is 12.8. The first kappa shape index (κ1) is 13.5. The van der Waals surface area contributed by atoms with Gasteiger partial charge in [-0.2, -0.15) is 0 Å². The van der Waals surface area contributed by atoms with Crippen molar-refractivity contribution in [3.8, 4) is 0 Å². The van der Waals surface area contributed by atoms with Crippen molar-refractivity contribution in [3.05, 3.63) is 23.5 Å². The molecule has 0 fully saturated rings. The van der Waals surface area contributed by atoms with E-state index < -0.39 is 0 Å². The smallest absolute Gasteiger partial charge is 0.306 e. The number of nitrogens with one attached hydrogen (secondary N) is 1. The molecule has 1 heterocycles. The summed E-state index contributed by atoms with van der Waals surface area (Å²) in [7, 11) is 0. The third kappa shape index (κ3) is 3.73. The molecular formula is C13H19NO3. The maximum Gasteiger partial charge on any atom is 0.306 e. The number of esters is 1. The summed E-state index contributed by atoms with van der Waals surface area (Å²) in [5, 5.41) is 0. The quantitative estimate of drug-likeness (QED) is 0.610. The number of ketones is 1. The van der Waals surface area contributed by atoms with Gasteiger partial charge in [-0.15, -0.1) is 0 Å². The number of aryl methyl sites for hydroxylation is 1. The van der Waals surface area contributed by atoms with Crippen LogP contribution in [-0.2, 0) is 16.0 Å². The molecule has 17 heavy (non-hydrogen) atoms. The third-order valence-electron chi connectivity index (χ3n) is 2.52. The molecule has 94 valence electrons. The van der Waals surface area contributed by atoms with Crippen LogP contribution in [-0.4, -0.2) is 23.3 Å². The molecule has 0 unspecified atom stereocenters. The molecule has 4 heteroatoms. The molecule has 0 aliphatic heterocycles. The maximum atomic E-state index is 11.9. The zero-order valence-electron chi connectivity index (χ0n) is 10.6. The lowest BCUT2D eigenvalue weighted by atomic mass is 9.98. The number of carbonyl (C=O) groups is 2. The van der Waals surface area contributed by atoms with E-state index in [0.717, 1.165) is 5.56 Å². The number of ether oxygens (including phenoxy) is 1. The highest BCUT2D eigenvalue weighted by Crippen LogP contribution is 2.15. The maximum absolute atomic E-state index is 11.9. The first-order chi connectivity index (χ1) is 8.06. The summed E-state index contributed by atoms with van der Waals surface area (Å²) in [6.45, 7) is 5.90. The van der Waals surface area contributed by atoms with Crippen molar-refractivity contribution in [1.29, 1.82) is 0 Å². The van der Waals surface area contributed by atoms with Crippen LogP contribution in [0.5, 0.6) is 0 Å². The molecule has 0 radical (unpaired) electrons. The predicted molar refractivity (Wildman–Crippen MR) is 64.9 cm³/mol. The number of aromatic amines is 1. The van der Waals surface area contributed by atoms with E-state index in [0.29, 0.717) is 25.0 Å². The van der Waals surface area contributed by atoms with Gasteiger partial charge in [-0.3, -0.25) is 9.59 Å². The summed E-state index contributed by atoms with van der Waals surface area (Å²) in [6.07, 6.45) is 4.32. The average molecular weight is 237 g/mol. The van der Waals surface area contributed by atoms with Crippen LogP contribution >= 0.6 is 0 Å². The van der Waals surface area contributed by atoms with Crippen LogP contribution in [0, 0.1) is 5.92 Å².